The lowest BCUT2D eigenvalue weighted by Crippen LogP contribution is -2.32. The van der Waals surface area contributed by atoms with Crippen molar-refractivity contribution < 1.29 is 8.42 Å². The van der Waals surface area contributed by atoms with Crippen LogP contribution in [0.1, 0.15) is 17.5 Å². The first kappa shape index (κ1) is 17.2. The molecular formula is C18H20N2O2S. The second-order valence-electron chi connectivity index (χ2n) is 5.40. The third-order valence-electron chi connectivity index (χ3n) is 3.62. The van der Waals surface area contributed by atoms with E-state index in [1.54, 1.807) is 24.3 Å². The Morgan fingerprint density at radius 1 is 1.04 bits per heavy atom. The molecule has 0 atom stereocenters. The molecule has 0 aliphatic heterocycles. The van der Waals surface area contributed by atoms with E-state index >= 15 is 0 Å². The van der Waals surface area contributed by atoms with Crippen LogP contribution in [0.15, 0.2) is 59.5 Å². The molecule has 0 aliphatic rings. The van der Waals surface area contributed by atoms with Gasteiger partial charge >= 0.3 is 0 Å². The average molecular weight is 328 g/mol. The number of nitrogens with zero attached hydrogens (tertiary/aromatic N) is 2. The molecule has 0 aromatic heterocycles. The molecule has 0 aliphatic carbocycles. The fraction of sp³-hybridized carbons (Fsp3) is 0.278. The van der Waals surface area contributed by atoms with E-state index in [2.05, 4.69) is 0 Å². The van der Waals surface area contributed by atoms with E-state index in [0.29, 0.717) is 13.0 Å². The molecule has 2 aromatic carbocycles. The van der Waals surface area contributed by atoms with E-state index in [9.17, 15) is 8.42 Å². The largest absolute Gasteiger partial charge is 0.244 e. The number of hydrogen-bond donors (Lipinski definition) is 0. The van der Waals surface area contributed by atoms with Crippen LogP contribution < -0.4 is 0 Å². The summed E-state index contributed by atoms with van der Waals surface area (Å²) in [6.07, 6.45) is 1.46. The Balaban J connectivity index is 2.08. The molecule has 0 saturated heterocycles. The van der Waals surface area contributed by atoms with E-state index in [1.807, 2.05) is 43.3 Å². The van der Waals surface area contributed by atoms with Gasteiger partial charge in [0.1, 0.15) is 6.54 Å². The van der Waals surface area contributed by atoms with Crippen molar-refractivity contribution in [3.63, 3.8) is 0 Å². The van der Waals surface area contributed by atoms with Gasteiger partial charge in [-0.15, -0.1) is 0 Å². The maximum atomic E-state index is 12.7. The first-order valence-electron chi connectivity index (χ1n) is 7.52. The highest BCUT2D eigenvalue weighted by atomic mass is 32.2. The molecule has 23 heavy (non-hydrogen) atoms. The number of aryl methyl sites for hydroxylation is 2. The minimum Gasteiger partial charge on any atom is -0.207 e. The van der Waals surface area contributed by atoms with Crippen molar-refractivity contribution in [1.82, 2.24) is 4.31 Å². The van der Waals surface area contributed by atoms with Gasteiger partial charge in [0.25, 0.3) is 0 Å². The first-order chi connectivity index (χ1) is 11.0. The highest BCUT2D eigenvalue weighted by molar-refractivity contribution is 7.89. The molecule has 2 aromatic rings. The van der Waals surface area contributed by atoms with Gasteiger partial charge in [-0.25, -0.2) is 8.42 Å². The van der Waals surface area contributed by atoms with E-state index < -0.39 is 10.0 Å². The molecule has 0 saturated carbocycles. The van der Waals surface area contributed by atoms with Crippen LogP contribution in [0.5, 0.6) is 0 Å². The summed E-state index contributed by atoms with van der Waals surface area (Å²) in [6, 6.07) is 18.6. The zero-order chi connectivity index (χ0) is 16.7. The maximum absolute atomic E-state index is 12.7. The Hall–Kier alpha value is -2.16. The van der Waals surface area contributed by atoms with Crippen molar-refractivity contribution in [3.05, 3.63) is 65.7 Å². The topological polar surface area (TPSA) is 61.2 Å². The summed E-state index contributed by atoms with van der Waals surface area (Å²) in [6.45, 7) is 2.10. The number of nitriles is 1. The number of sulfonamides is 1. The van der Waals surface area contributed by atoms with E-state index in [1.165, 1.54) is 4.31 Å². The van der Waals surface area contributed by atoms with Gasteiger partial charge in [-0.3, -0.25) is 0 Å². The Bertz CT molecular complexity index is 763. The van der Waals surface area contributed by atoms with Gasteiger partial charge in [-0.05, 0) is 37.5 Å². The molecule has 0 amide bonds. The fourth-order valence-electron chi connectivity index (χ4n) is 2.33. The Morgan fingerprint density at radius 3 is 2.30 bits per heavy atom. The second kappa shape index (κ2) is 7.91. The zero-order valence-electron chi connectivity index (χ0n) is 13.1. The van der Waals surface area contributed by atoms with Gasteiger partial charge in [0, 0.05) is 6.54 Å². The third kappa shape index (κ3) is 4.65. The predicted molar refractivity (Wildman–Crippen MR) is 90.3 cm³/mol. The summed E-state index contributed by atoms with van der Waals surface area (Å²) in [5.74, 6) is 0. The molecular weight excluding hydrogens is 308 g/mol. The summed E-state index contributed by atoms with van der Waals surface area (Å²) in [5, 5.41) is 8.95. The number of benzene rings is 2. The average Bonchev–Trinajstić information content (AvgIpc) is 2.55. The van der Waals surface area contributed by atoms with Gasteiger partial charge < -0.3 is 0 Å². The Kier molecular flexibility index (Phi) is 5.91. The van der Waals surface area contributed by atoms with E-state index in [4.69, 9.17) is 5.26 Å². The summed E-state index contributed by atoms with van der Waals surface area (Å²) in [4.78, 5) is 0.234. The van der Waals surface area contributed by atoms with Crippen molar-refractivity contribution >= 4 is 10.0 Å². The van der Waals surface area contributed by atoms with Crippen LogP contribution in [-0.2, 0) is 16.4 Å². The summed E-state index contributed by atoms with van der Waals surface area (Å²) < 4.78 is 26.6. The number of rotatable bonds is 7. The lowest BCUT2D eigenvalue weighted by Gasteiger charge is -2.19. The number of hydrogen-bond acceptors (Lipinski definition) is 3. The first-order valence-corrected chi connectivity index (χ1v) is 8.96. The van der Waals surface area contributed by atoms with Crippen LogP contribution in [0.2, 0.25) is 0 Å². The molecule has 0 spiro atoms. The van der Waals surface area contributed by atoms with Gasteiger partial charge in [-0.1, -0.05) is 48.0 Å². The van der Waals surface area contributed by atoms with Crippen LogP contribution in [0.25, 0.3) is 0 Å². The van der Waals surface area contributed by atoms with Gasteiger partial charge in [0.2, 0.25) is 10.0 Å². The van der Waals surface area contributed by atoms with Gasteiger partial charge in [-0.2, -0.15) is 9.57 Å². The summed E-state index contributed by atoms with van der Waals surface area (Å²) >= 11 is 0. The van der Waals surface area contributed by atoms with Gasteiger partial charge in [0.05, 0.1) is 11.0 Å². The monoisotopic (exact) mass is 328 g/mol. The molecule has 0 bridgehead atoms. The van der Waals surface area contributed by atoms with Gasteiger partial charge in [0.15, 0.2) is 0 Å². The fourth-order valence-corrected chi connectivity index (χ4v) is 3.70. The van der Waals surface area contributed by atoms with Crippen LogP contribution in [-0.4, -0.2) is 25.8 Å². The zero-order valence-corrected chi connectivity index (χ0v) is 14.0. The highest BCUT2D eigenvalue weighted by Crippen LogP contribution is 2.17. The van der Waals surface area contributed by atoms with E-state index in [0.717, 1.165) is 17.5 Å². The Morgan fingerprint density at radius 2 is 1.70 bits per heavy atom. The molecule has 0 heterocycles. The minimum absolute atomic E-state index is 0.134. The molecule has 5 heteroatoms. The smallest absolute Gasteiger partial charge is 0.207 e. The molecule has 4 nitrogen and oxygen atoms in total. The highest BCUT2D eigenvalue weighted by Gasteiger charge is 2.23. The van der Waals surface area contributed by atoms with Crippen LogP contribution in [0, 0.1) is 18.3 Å². The standard InChI is InChI=1S/C18H20N2O2S/c1-16-9-11-18(12-10-16)23(21,22)20(15-13-19)14-5-8-17-6-3-2-4-7-17/h2-4,6-7,9-12H,5,8,14-15H2,1H3. The maximum Gasteiger partial charge on any atom is 0.244 e. The second-order valence-corrected chi connectivity index (χ2v) is 7.34. The molecule has 0 radical (unpaired) electrons. The minimum atomic E-state index is -3.62. The van der Waals surface area contributed by atoms with E-state index in [-0.39, 0.29) is 11.4 Å². The Labute approximate surface area is 138 Å². The van der Waals surface area contributed by atoms with Crippen molar-refractivity contribution in [2.75, 3.05) is 13.1 Å². The molecule has 0 fully saturated rings. The summed E-state index contributed by atoms with van der Waals surface area (Å²) in [7, 11) is -3.62. The van der Waals surface area contributed by atoms with Crippen LogP contribution in [0.3, 0.4) is 0 Å². The van der Waals surface area contributed by atoms with Crippen LogP contribution >= 0.6 is 0 Å². The van der Waals surface area contributed by atoms with Crippen LogP contribution in [0.4, 0.5) is 0 Å². The van der Waals surface area contributed by atoms with Crippen molar-refractivity contribution in [3.8, 4) is 6.07 Å². The summed E-state index contributed by atoms with van der Waals surface area (Å²) in [5.41, 5.74) is 2.16. The quantitative estimate of drug-likeness (QED) is 0.734. The lowest BCUT2D eigenvalue weighted by atomic mass is 10.1. The molecule has 0 unspecified atom stereocenters. The SMILES string of the molecule is Cc1ccc(S(=O)(=O)N(CC#N)CCCc2ccccc2)cc1. The third-order valence-corrected chi connectivity index (χ3v) is 5.48. The predicted octanol–water partition coefficient (Wildman–Crippen LogP) is 3.14. The lowest BCUT2D eigenvalue weighted by molar-refractivity contribution is 0.437. The van der Waals surface area contributed by atoms with Crippen molar-refractivity contribution in [1.29, 1.82) is 5.26 Å². The normalized spacial score (nSPS) is 11.3. The molecule has 0 N–H and O–H groups in total. The molecule has 2 rings (SSSR count). The molecule has 120 valence electrons. The van der Waals surface area contributed by atoms with Crippen molar-refractivity contribution in [2.45, 2.75) is 24.7 Å². The van der Waals surface area contributed by atoms with Crippen molar-refractivity contribution in [2.24, 2.45) is 0 Å².